The number of amides is 2. The first-order chi connectivity index (χ1) is 13.5. The largest absolute Gasteiger partial charge is 0.367 e. The highest BCUT2D eigenvalue weighted by molar-refractivity contribution is 5.89. The second kappa shape index (κ2) is 6.50. The van der Waals surface area contributed by atoms with Crippen molar-refractivity contribution in [3.8, 4) is 0 Å². The average molecular weight is 380 g/mol. The summed E-state index contributed by atoms with van der Waals surface area (Å²) in [4.78, 5) is 26.6. The zero-order valence-electron chi connectivity index (χ0n) is 16.0. The van der Waals surface area contributed by atoms with Crippen molar-refractivity contribution in [2.24, 2.45) is 18.9 Å². The first-order valence-corrected chi connectivity index (χ1v) is 9.68. The van der Waals surface area contributed by atoms with Crippen LogP contribution in [0.15, 0.2) is 24.7 Å². The van der Waals surface area contributed by atoms with Crippen molar-refractivity contribution in [1.29, 1.82) is 0 Å². The molecule has 1 saturated carbocycles. The van der Waals surface area contributed by atoms with Crippen LogP contribution in [-0.4, -0.2) is 54.8 Å². The second-order valence-electron chi connectivity index (χ2n) is 7.93. The average Bonchev–Trinajstić information content (AvgIpc) is 3.38. The third-order valence-corrected chi connectivity index (χ3v) is 5.86. The van der Waals surface area contributed by atoms with E-state index >= 15 is 0 Å². The standard InChI is InChI=1S/C19H24N8O/c1-11-22-17-16(3-4-20-17)18(23-11)24-14-5-12-8-27(9-13(12)6-14)19(28)25-15-7-21-26(2)10-15/h3-4,7,10,12-14H,5-6,8-9H2,1-2H3,(H,25,28)(H2,20,22,23,24)/t12-,13+,14?. The van der Waals surface area contributed by atoms with E-state index in [4.69, 9.17) is 0 Å². The van der Waals surface area contributed by atoms with Gasteiger partial charge in [-0.25, -0.2) is 14.8 Å². The van der Waals surface area contributed by atoms with Crippen LogP contribution in [0.5, 0.6) is 0 Å². The van der Waals surface area contributed by atoms with Crippen molar-refractivity contribution in [2.75, 3.05) is 23.7 Å². The molecule has 1 unspecified atom stereocenters. The van der Waals surface area contributed by atoms with Gasteiger partial charge in [-0.05, 0) is 37.7 Å². The number of aromatic nitrogens is 5. The lowest BCUT2D eigenvalue weighted by Crippen LogP contribution is -2.34. The molecule has 2 amide bonds. The Morgan fingerprint density at radius 3 is 2.75 bits per heavy atom. The van der Waals surface area contributed by atoms with E-state index in [2.05, 4.69) is 30.7 Å². The Morgan fingerprint density at radius 1 is 1.25 bits per heavy atom. The zero-order chi connectivity index (χ0) is 19.3. The Bertz CT molecular complexity index is 1010. The summed E-state index contributed by atoms with van der Waals surface area (Å²) >= 11 is 0. The molecule has 9 heteroatoms. The number of nitrogens with one attached hydrogen (secondary N) is 3. The van der Waals surface area contributed by atoms with Gasteiger partial charge in [0.25, 0.3) is 0 Å². The minimum atomic E-state index is -0.0348. The van der Waals surface area contributed by atoms with Gasteiger partial charge in [-0.2, -0.15) is 5.10 Å². The molecule has 1 saturated heterocycles. The minimum absolute atomic E-state index is 0.0348. The minimum Gasteiger partial charge on any atom is -0.367 e. The number of fused-ring (bicyclic) bond motifs is 2. The molecule has 3 aromatic heterocycles. The van der Waals surface area contributed by atoms with Crippen LogP contribution < -0.4 is 10.6 Å². The topological polar surface area (TPSA) is 104 Å². The third-order valence-electron chi connectivity index (χ3n) is 5.86. The predicted molar refractivity (Wildman–Crippen MR) is 106 cm³/mol. The zero-order valence-corrected chi connectivity index (χ0v) is 16.0. The first kappa shape index (κ1) is 17.0. The lowest BCUT2D eigenvalue weighted by Gasteiger charge is -2.20. The molecular weight excluding hydrogens is 356 g/mol. The summed E-state index contributed by atoms with van der Waals surface area (Å²) in [5.74, 6) is 2.72. The number of hydrogen-bond acceptors (Lipinski definition) is 5. The highest BCUT2D eigenvalue weighted by Crippen LogP contribution is 2.39. The number of H-pyrrole nitrogens is 1. The van der Waals surface area contributed by atoms with Crippen LogP contribution in [0.1, 0.15) is 18.7 Å². The summed E-state index contributed by atoms with van der Waals surface area (Å²) in [5.41, 5.74) is 1.60. The highest BCUT2D eigenvalue weighted by atomic mass is 16.2. The van der Waals surface area contributed by atoms with Crippen LogP contribution in [-0.2, 0) is 7.05 Å². The number of anilines is 2. The van der Waals surface area contributed by atoms with Gasteiger partial charge in [-0.3, -0.25) is 4.68 Å². The van der Waals surface area contributed by atoms with Crippen molar-refractivity contribution in [3.05, 3.63) is 30.5 Å². The quantitative estimate of drug-likeness (QED) is 0.647. The first-order valence-electron chi connectivity index (χ1n) is 9.68. The molecular formula is C19H24N8O. The van der Waals surface area contributed by atoms with Crippen LogP contribution in [0.3, 0.4) is 0 Å². The Kier molecular flexibility index (Phi) is 3.96. The van der Waals surface area contributed by atoms with Crippen molar-refractivity contribution in [3.63, 3.8) is 0 Å². The normalized spacial score (nSPS) is 23.9. The van der Waals surface area contributed by atoms with Crippen LogP contribution in [0.25, 0.3) is 11.0 Å². The number of rotatable bonds is 3. The molecule has 2 fully saturated rings. The Balaban J connectivity index is 1.21. The molecule has 28 heavy (non-hydrogen) atoms. The number of aryl methyl sites for hydroxylation is 2. The molecule has 0 spiro atoms. The van der Waals surface area contributed by atoms with Gasteiger partial charge in [0.1, 0.15) is 17.3 Å². The number of nitrogens with zero attached hydrogens (tertiary/aromatic N) is 5. The maximum absolute atomic E-state index is 12.5. The van der Waals surface area contributed by atoms with E-state index in [0.717, 1.165) is 54.3 Å². The molecule has 9 nitrogen and oxygen atoms in total. The number of carbonyl (C=O) groups excluding carboxylic acids is 1. The maximum Gasteiger partial charge on any atom is 0.321 e. The molecule has 5 rings (SSSR count). The van der Waals surface area contributed by atoms with Crippen LogP contribution >= 0.6 is 0 Å². The second-order valence-corrected chi connectivity index (χ2v) is 7.93. The van der Waals surface area contributed by atoms with Crippen LogP contribution in [0.2, 0.25) is 0 Å². The lowest BCUT2D eigenvalue weighted by atomic mass is 10.0. The fourth-order valence-corrected chi connectivity index (χ4v) is 4.63. The Hall–Kier alpha value is -3.10. The molecule has 3 N–H and O–H groups in total. The Morgan fingerprint density at radius 2 is 2.04 bits per heavy atom. The van der Waals surface area contributed by atoms with Gasteiger partial charge < -0.3 is 20.5 Å². The molecule has 1 aliphatic heterocycles. The van der Waals surface area contributed by atoms with E-state index in [1.54, 1.807) is 17.1 Å². The summed E-state index contributed by atoms with van der Waals surface area (Å²) in [7, 11) is 1.84. The van der Waals surface area contributed by atoms with Gasteiger partial charge >= 0.3 is 6.03 Å². The SMILES string of the molecule is Cc1nc(NC2C[C@@H]3CN(C(=O)Nc4cnn(C)c4)C[C@@H]3C2)c2cc[nH]c2n1. The Labute approximate surface area is 162 Å². The molecule has 2 aliphatic rings. The van der Waals surface area contributed by atoms with Gasteiger partial charge in [0, 0.05) is 38.6 Å². The summed E-state index contributed by atoms with van der Waals surface area (Å²) in [6.45, 7) is 3.52. The number of aromatic amines is 1. The monoisotopic (exact) mass is 380 g/mol. The van der Waals surface area contributed by atoms with E-state index in [1.165, 1.54) is 0 Å². The van der Waals surface area contributed by atoms with E-state index in [9.17, 15) is 4.79 Å². The van der Waals surface area contributed by atoms with Crippen LogP contribution in [0.4, 0.5) is 16.3 Å². The summed E-state index contributed by atoms with van der Waals surface area (Å²) < 4.78 is 1.68. The van der Waals surface area contributed by atoms with Gasteiger partial charge in [-0.1, -0.05) is 0 Å². The number of likely N-dealkylation sites (tertiary alicyclic amines) is 1. The summed E-state index contributed by atoms with van der Waals surface area (Å²) in [5, 5.41) is 11.7. The molecule has 1 aliphatic carbocycles. The van der Waals surface area contributed by atoms with E-state index in [0.29, 0.717) is 17.9 Å². The van der Waals surface area contributed by atoms with Crippen molar-refractivity contribution < 1.29 is 4.79 Å². The van der Waals surface area contributed by atoms with Crippen molar-refractivity contribution in [2.45, 2.75) is 25.8 Å². The van der Waals surface area contributed by atoms with Gasteiger partial charge in [0.15, 0.2) is 0 Å². The van der Waals surface area contributed by atoms with Crippen LogP contribution in [0, 0.1) is 18.8 Å². The highest BCUT2D eigenvalue weighted by Gasteiger charge is 2.42. The molecule has 3 atom stereocenters. The summed E-state index contributed by atoms with van der Waals surface area (Å²) in [6.07, 6.45) is 7.47. The van der Waals surface area contributed by atoms with Crippen molar-refractivity contribution in [1.82, 2.24) is 29.6 Å². The van der Waals surface area contributed by atoms with E-state index < -0.39 is 0 Å². The number of urea groups is 1. The predicted octanol–water partition coefficient (Wildman–Crippen LogP) is 2.35. The number of carbonyl (C=O) groups is 1. The molecule has 146 valence electrons. The van der Waals surface area contributed by atoms with Gasteiger partial charge in [-0.15, -0.1) is 0 Å². The molecule has 3 aromatic rings. The molecule has 4 heterocycles. The maximum atomic E-state index is 12.5. The number of hydrogen-bond donors (Lipinski definition) is 3. The fraction of sp³-hybridized carbons (Fsp3) is 0.474. The smallest absolute Gasteiger partial charge is 0.321 e. The van der Waals surface area contributed by atoms with Gasteiger partial charge in [0.2, 0.25) is 0 Å². The van der Waals surface area contributed by atoms with Gasteiger partial charge in [0.05, 0.1) is 17.3 Å². The fourth-order valence-electron chi connectivity index (χ4n) is 4.63. The molecule has 0 aromatic carbocycles. The van der Waals surface area contributed by atoms with E-state index in [-0.39, 0.29) is 6.03 Å². The third kappa shape index (κ3) is 3.06. The molecule has 0 bridgehead atoms. The molecule has 0 radical (unpaired) electrons. The van der Waals surface area contributed by atoms with E-state index in [1.807, 2.05) is 31.1 Å². The van der Waals surface area contributed by atoms with Crippen molar-refractivity contribution >= 4 is 28.6 Å². The lowest BCUT2D eigenvalue weighted by molar-refractivity contribution is 0.218. The summed E-state index contributed by atoms with van der Waals surface area (Å²) in [6, 6.07) is 2.36.